The number of carbonyl (C=O) groups is 1. The molecule has 0 saturated heterocycles. The number of hydrogen-bond acceptors (Lipinski definition) is 5. The maximum atomic E-state index is 12.5. The molecule has 1 aromatic carbocycles. The van der Waals surface area contributed by atoms with Crippen LogP contribution in [0.1, 0.15) is 10.6 Å². The molecule has 0 radical (unpaired) electrons. The van der Waals surface area contributed by atoms with Gasteiger partial charge in [-0.05, 0) is 35.7 Å². The number of nitrogens with zero attached hydrogens (tertiary/aromatic N) is 1. The Morgan fingerprint density at radius 2 is 2.04 bits per heavy atom. The Labute approximate surface area is 150 Å². The Balaban J connectivity index is 1.67. The largest absolute Gasteiger partial charge is 0.495 e. The minimum Gasteiger partial charge on any atom is -0.495 e. The molecule has 0 aliphatic carbocycles. The number of carbonyl (C=O) groups excluding carboxylic acids is 1. The van der Waals surface area contributed by atoms with E-state index in [0.717, 1.165) is 5.76 Å². The van der Waals surface area contributed by atoms with Gasteiger partial charge < -0.3 is 14.5 Å². The quantitative estimate of drug-likeness (QED) is 0.663. The van der Waals surface area contributed by atoms with Crippen molar-refractivity contribution in [3.63, 3.8) is 0 Å². The van der Waals surface area contributed by atoms with Gasteiger partial charge >= 0.3 is 0 Å². The van der Waals surface area contributed by atoms with E-state index in [2.05, 4.69) is 16.3 Å². The van der Waals surface area contributed by atoms with Crippen LogP contribution in [0.15, 0.2) is 64.6 Å². The topological polar surface area (TPSA) is 54.7 Å². The standard InChI is InChI=1S/C19H20N2O3S/c1-23-18-9-3-2-8-17(18)20-19(22)14-21(12-15-6-4-10-24-15)13-16-7-5-11-25-16/h2-11H,12-14H2,1H3,(H,20,22). The minimum atomic E-state index is -0.0902. The molecule has 130 valence electrons. The zero-order valence-corrected chi connectivity index (χ0v) is 14.8. The number of benzene rings is 1. The third-order valence-corrected chi connectivity index (χ3v) is 4.53. The molecule has 0 spiro atoms. The molecule has 0 saturated carbocycles. The fourth-order valence-electron chi connectivity index (χ4n) is 2.55. The van der Waals surface area contributed by atoms with E-state index < -0.39 is 0 Å². The van der Waals surface area contributed by atoms with Gasteiger partial charge in [-0.25, -0.2) is 0 Å². The molecule has 25 heavy (non-hydrogen) atoms. The number of ether oxygens (including phenoxy) is 1. The lowest BCUT2D eigenvalue weighted by molar-refractivity contribution is -0.117. The van der Waals surface area contributed by atoms with Crippen molar-refractivity contribution in [1.29, 1.82) is 0 Å². The predicted molar refractivity (Wildman–Crippen MR) is 98.8 cm³/mol. The van der Waals surface area contributed by atoms with Crippen LogP contribution in [-0.2, 0) is 17.9 Å². The van der Waals surface area contributed by atoms with E-state index in [4.69, 9.17) is 9.15 Å². The molecule has 3 aromatic rings. The lowest BCUT2D eigenvalue weighted by atomic mass is 10.3. The SMILES string of the molecule is COc1ccccc1NC(=O)CN(Cc1ccco1)Cc1cccs1. The monoisotopic (exact) mass is 356 g/mol. The lowest BCUT2D eigenvalue weighted by Gasteiger charge is -2.20. The molecule has 1 amide bonds. The zero-order valence-electron chi connectivity index (χ0n) is 14.0. The van der Waals surface area contributed by atoms with Gasteiger partial charge in [-0.2, -0.15) is 0 Å². The van der Waals surface area contributed by atoms with Crippen molar-refractivity contribution < 1.29 is 13.9 Å². The Hall–Kier alpha value is -2.57. The second-order valence-corrected chi connectivity index (χ2v) is 6.58. The van der Waals surface area contributed by atoms with Crippen molar-refractivity contribution in [2.45, 2.75) is 13.1 Å². The molecule has 1 N–H and O–H groups in total. The highest BCUT2D eigenvalue weighted by molar-refractivity contribution is 7.09. The van der Waals surface area contributed by atoms with Crippen LogP contribution in [0.3, 0.4) is 0 Å². The predicted octanol–water partition coefficient (Wildman–Crippen LogP) is 3.99. The second kappa shape index (κ2) is 8.50. The fourth-order valence-corrected chi connectivity index (χ4v) is 3.30. The molecule has 0 aliphatic heterocycles. The minimum absolute atomic E-state index is 0.0902. The van der Waals surface area contributed by atoms with Gasteiger partial charge in [0.25, 0.3) is 0 Å². The van der Waals surface area contributed by atoms with Crippen molar-refractivity contribution in [3.8, 4) is 5.75 Å². The highest BCUT2D eigenvalue weighted by Crippen LogP contribution is 2.23. The Morgan fingerprint density at radius 1 is 1.16 bits per heavy atom. The van der Waals surface area contributed by atoms with Gasteiger partial charge in [-0.3, -0.25) is 9.69 Å². The highest BCUT2D eigenvalue weighted by atomic mass is 32.1. The summed E-state index contributed by atoms with van der Waals surface area (Å²) in [4.78, 5) is 15.8. The van der Waals surface area contributed by atoms with Crippen LogP contribution in [0, 0.1) is 0 Å². The molecular weight excluding hydrogens is 336 g/mol. The summed E-state index contributed by atoms with van der Waals surface area (Å²) in [6.07, 6.45) is 1.65. The summed E-state index contributed by atoms with van der Waals surface area (Å²) < 4.78 is 10.7. The number of amides is 1. The van der Waals surface area contributed by atoms with Crippen molar-refractivity contribution in [1.82, 2.24) is 4.90 Å². The average molecular weight is 356 g/mol. The first-order valence-electron chi connectivity index (χ1n) is 7.94. The summed E-state index contributed by atoms with van der Waals surface area (Å²) in [6.45, 7) is 1.53. The van der Waals surface area contributed by atoms with E-state index in [9.17, 15) is 4.79 Å². The molecule has 0 unspecified atom stereocenters. The number of anilines is 1. The van der Waals surface area contributed by atoms with Gasteiger partial charge in [-0.1, -0.05) is 18.2 Å². The molecule has 2 aromatic heterocycles. The fraction of sp³-hybridized carbons (Fsp3) is 0.211. The molecule has 0 bridgehead atoms. The summed E-state index contributed by atoms with van der Waals surface area (Å²) in [7, 11) is 1.59. The molecule has 0 fully saturated rings. The Bertz CT molecular complexity index is 749. The van der Waals surface area contributed by atoms with E-state index >= 15 is 0 Å². The van der Waals surface area contributed by atoms with Gasteiger partial charge in [-0.15, -0.1) is 11.3 Å². The van der Waals surface area contributed by atoms with E-state index in [1.807, 2.05) is 47.8 Å². The molecule has 2 heterocycles. The zero-order chi connectivity index (χ0) is 17.5. The maximum Gasteiger partial charge on any atom is 0.238 e. The third kappa shape index (κ3) is 4.95. The smallest absolute Gasteiger partial charge is 0.238 e. The van der Waals surface area contributed by atoms with E-state index in [1.54, 1.807) is 24.7 Å². The number of thiophene rings is 1. The van der Waals surface area contributed by atoms with Gasteiger partial charge in [0.15, 0.2) is 0 Å². The first-order valence-corrected chi connectivity index (χ1v) is 8.82. The molecule has 3 rings (SSSR count). The van der Waals surface area contributed by atoms with E-state index in [0.29, 0.717) is 24.5 Å². The first-order chi connectivity index (χ1) is 12.2. The van der Waals surface area contributed by atoms with Crippen LogP contribution in [0.4, 0.5) is 5.69 Å². The van der Waals surface area contributed by atoms with Crippen LogP contribution in [0.2, 0.25) is 0 Å². The van der Waals surface area contributed by atoms with Crippen molar-refractivity contribution in [3.05, 3.63) is 70.8 Å². The van der Waals surface area contributed by atoms with Crippen molar-refractivity contribution in [2.75, 3.05) is 19.0 Å². The van der Waals surface area contributed by atoms with Crippen LogP contribution in [0.25, 0.3) is 0 Å². The molecule has 6 heteroatoms. The number of methoxy groups -OCH3 is 1. The Kier molecular flexibility index (Phi) is 5.87. The van der Waals surface area contributed by atoms with Crippen molar-refractivity contribution in [2.24, 2.45) is 0 Å². The summed E-state index contributed by atoms with van der Waals surface area (Å²) in [6, 6.07) is 15.2. The van der Waals surface area contributed by atoms with E-state index in [1.165, 1.54) is 4.88 Å². The number of furan rings is 1. The molecular formula is C19H20N2O3S. The van der Waals surface area contributed by atoms with Gasteiger partial charge in [0.05, 0.1) is 32.1 Å². The van der Waals surface area contributed by atoms with Crippen LogP contribution in [0.5, 0.6) is 5.75 Å². The summed E-state index contributed by atoms with van der Waals surface area (Å²) in [5.74, 6) is 1.39. The normalized spacial score (nSPS) is 10.8. The maximum absolute atomic E-state index is 12.5. The van der Waals surface area contributed by atoms with Crippen LogP contribution < -0.4 is 10.1 Å². The van der Waals surface area contributed by atoms with Crippen molar-refractivity contribution >= 4 is 22.9 Å². The first kappa shape index (κ1) is 17.3. The molecule has 5 nitrogen and oxygen atoms in total. The summed E-state index contributed by atoms with van der Waals surface area (Å²) >= 11 is 1.68. The summed E-state index contributed by atoms with van der Waals surface area (Å²) in [5.41, 5.74) is 0.670. The van der Waals surface area contributed by atoms with E-state index in [-0.39, 0.29) is 12.5 Å². The third-order valence-electron chi connectivity index (χ3n) is 3.67. The van der Waals surface area contributed by atoms with Crippen LogP contribution in [-0.4, -0.2) is 24.5 Å². The molecule has 0 aliphatic rings. The highest BCUT2D eigenvalue weighted by Gasteiger charge is 2.15. The second-order valence-electron chi connectivity index (χ2n) is 5.55. The summed E-state index contributed by atoms with van der Waals surface area (Å²) in [5, 5.41) is 4.96. The lowest BCUT2D eigenvalue weighted by Crippen LogP contribution is -2.32. The molecule has 0 atom stereocenters. The number of rotatable bonds is 8. The van der Waals surface area contributed by atoms with Gasteiger partial charge in [0.1, 0.15) is 11.5 Å². The van der Waals surface area contributed by atoms with Gasteiger partial charge in [0, 0.05) is 11.4 Å². The number of para-hydroxylation sites is 2. The number of nitrogens with one attached hydrogen (secondary N) is 1. The van der Waals surface area contributed by atoms with Gasteiger partial charge in [0.2, 0.25) is 5.91 Å². The van der Waals surface area contributed by atoms with Crippen LogP contribution >= 0.6 is 11.3 Å². The average Bonchev–Trinajstić information content (AvgIpc) is 3.29. The number of hydrogen-bond donors (Lipinski definition) is 1. The Morgan fingerprint density at radius 3 is 2.76 bits per heavy atom.